The van der Waals surface area contributed by atoms with E-state index in [1.54, 1.807) is 6.92 Å². The van der Waals surface area contributed by atoms with Crippen LogP contribution in [-0.2, 0) is 4.79 Å². The monoisotopic (exact) mass is 230 g/mol. The molecule has 1 atom stereocenters. The summed E-state index contributed by atoms with van der Waals surface area (Å²) in [5.41, 5.74) is 0. The van der Waals surface area contributed by atoms with E-state index in [0.717, 1.165) is 4.90 Å². The Morgan fingerprint density at radius 1 is 1.47 bits per heavy atom. The first-order valence-electron chi connectivity index (χ1n) is 4.22. The number of nitrogens with one attached hydrogen (secondary N) is 2. The minimum absolute atomic E-state index is 0.0644. The van der Waals surface area contributed by atoms with Crippen LogP contribution in [0.4, 0.5) is 9.59 Å². The number of amidine groups is 1. The van der Waals surface area contributed by atoms with Crippen LogP contribution in [0.25, 0.3) is 0 Å². The van der Waals surface area contributed by atoms with Crippen LogP contribution in [0.5, 0.6) is 0 Å². The number of fused-ring (bicyclic) bond motifs is 1. The second-order valence-corrected chi connectivity index (χ2v) is 3.59. The Balaban J connectivity index is 2.49. The molecule has 5 amide bonds. The minimum atomic E-state index is -1.75. The van der Waals surface area contributed by atoms with Crippen LogP contribution in [0.1, 0.15) is 6.92 Å². The summed E-state index contributed by atoms with van der Waals surface area (Å²) in [5.74, 6) is -0.853. The second-order valence-electron chi connectivity index (χ2n) is 3.03. The van der Waals surface area contributed by atoms with E-state index in [0.29, 0.717) is 0 Å². The molecule has 0 aliphatic carbocycles. The maximum absolute atomic E-state index is 11.4. The zero-order chi connectivity index (χ0) is 11.2. The van der Waals surface area contributed by atoms with Crippen LogP contribution >= 0.6 is 11.6 Å². The lowest BCUT2D eigenvalue weighted by atomic mass is 10.2. The maximum Gasteiger partial charge on any atom is 0.344 e. The van der Waals surface area contributed by atoms with Crippen molar-refractivity contribution < 1.29 is 14.4 Å². The van der Waals surface area contributed by atoms with Gasteiger partial charge in [-0.05, 0) is 6.92 Å². The van der Waals surface area contributed by atoms with Gasteiger partial charge in [0.25, 0.3) is 10.9 Å². The molecule has 0 aromatic rings. The molecule has 0 saturated carbocycles. The smallest absolute Gasteiger partial charge is 0.303 e. The van der Waals surface area contributed by atoms with Gasteiger partial charge in [-0.1, -0.05) is 11.6 Å². The molecule has 1 saturated heterocycles. The van der Waals surface area contributed by atoms with Gasteiger partial charge in [0, 0.05) is 6.54 Å². The van der Waals surface area contributed by atoms with Gasteiger partial charge >= 0.3 is 12.1 Å². The van der Waals surface area contributed by atoms with Crippen molar-refractivity contribution in [2.75, 3.05) is 6.54 Å². The zero-order valence-electron chi connectivity index (χ0n) is 7.70. The lowest BCUT2D eigenvalue weighted by Crippen LogP contribution is -2.68. The van der Waals surface area contributed by atoms with Gasteiger partial charge in [0.1, 0.15) is 0 Å². The fraction of sp³-hybridized carbons (Fsp3) is 0.429. The van der Waals surface area contributed by atoms with E-state index in [4.69, 9.17) is 11.6 Å². The molecule has 2 aliphatic heterocycles. The number of aliphatic imine (C=N–C) groups is 1. The van der Waals surface area contributed by atoms with E-state index < -0.39 is 23.0 Å². The first kappa shape index (κ1) is 9.91. The molecule has 80 valence electrons. The fourth-order valence-electron chi connectivity index (χ4n) is 1.45. The van der Waals surface area contributed by atoms with Gasteiger partial charge < -0.3 is 5.32 Å². The fourth-order valence-corrected chi connectivity index (χ4v) is 1.72. The maximum atomic E-state index is 11.4. The highest BCUT2D eigenvalue weighted by Gasteiger charge is 2.55. The molecule has 2 N–H and O–H groups in total. The Bertz CT molecular complexity index is 407. The van der Waals surface area contributed by atoms with Crippen molar-refractivity contribution in [3.05, 3.63) is 0 Å². The lowest BCUT2D eigenvalue weighted by molar-refractivity contribution is -0.122. The Morgan fingerprint density at radius 3 is 2.73 bits per heavy atom. The topological polar surface area (TPSA) is 90.9 Å². The van der Waals surface area contributed by atoms with E-state index >= 15 is 0 Å². The molecule has 15 heavy (non-hydrogen) atoms. The van der Waals surface area contributed by atoms with Crippen LogP contribution in [0.2, 0.25) is 0 Å². The largest absolute Gasteiger partial charge is 0.344 e. The molecular formula is C7H7ClN4O3. The summed E-state index contributed by atoms with van der Waals surface area (Å²) in [6.45, 7) is 1.94. The van der Waals surface area contributed by atoms with E-state index in [-0.39, 0.29) is 12.4 Å². The van der Waals surface area contributed by atoms with Gasteiger partial charge in [0.2, 0.25) is 0 Å². The first-order chi connectivity index (χ1) is 6.99. The van der Waals surface area contributed by atoms with Gasteiger partial charge in [-0.15, -0.1) is 0 Å². The molecule has 2 rings (SSSR count). The summed E-state index contributed by atoms with van der Waals surface area (Å²) < 4.78 is 0. The number of carbonyl (C=O) groups is 3. The van der Waals surface area contributed by atoms with E-state index in [2.05, 4.69) is 10.3 Å². The van der Waals surface area contributed by atoms with Crippen LogP contribution in [0, 0.1) is 0 Å². The molecular weight excluding hydrogens is 224 g/mol. The number of alkyl halides is 1. The molecule has 0 bridgehead atoms. The van der Waals surface area contributed by atoms with Crippen LogP contribution in [0.15, 0.2) is 4.99 Å². The second kappa shape index (κ2) is 2.93. The number of hydrogen-bond acceptors (Lipinski definition) is 3. The summed E-state index contributed by atoms with van der Waals surface area (Å²) in [6, 6.07) is -1.36. The standard InChI is InChI=1S/C7H7ClN4O3/c1-2-12-3-7(8,11-5(14)9-3)4(13)10-6(12)15/h2H2,1H3,(H,11,14)(H,10,13,15). The average Bonchev–Trinajstić information content (AvgIpc) is 2.44. The van der Waals surface area contributed by atoms with Crippen LogP contribution < -0.4 is 10.6 Å². The molecule has 0 aromatic heterocycles. The molecule has 1 unspecified atom stereocenters. The Labute approximate surface area is 89.5 Å². The third-order valence-electron chi connectivity index (χ3n) is 2.15. The SMILES string of the molecule is CCN1C(=O)NC(=O)C2(Cl)NC(=O)N=C12. The van der Waals surface area contributed by atoms with E-state index in [9.17, 15) is 14.4 Å². The number of hydrogen-bond donors (Lipinski definition) is 2. The summed E-state index contributed by atoms with van der Waals surface area (Å²) in [6.07, 6.45) is 0. The van der Waals surface area contributed by atoms with Gasteiger partial charge in [0.15, 0.2) is 5.84 Å². The molecule has 8 heteroatoms. The third kappa shape index (κ3) is 1.19. The third-order valence-corrected chi connectivity index (χ3v) is 2.58. The zero-order valence-corrected chi connectivity index (χ0v) is 8.46. The van der Waals surface area contributed by atoms with Crippen molar-refractivity contribution in [1.29, 1.82) is 0 Å². The summed E-state index contributed by atoms with van der Waals surface area (Å²) in [4.78, 5) is 36.7. The number of halogens is 1. The quantitative estimate of drug-likeness (QED) is 0.475. The summed E-state index contributed by atoms with van der Waals surface area (Å²) >= 11 is 5.89. The van der Waals surface area contributed by atoms with Gasteiger partial charge in [0.05, 0.1) is 0 Å². The number of amides is 5. The molecule has 0 radical (unpaired) electrons. The summed E-state index contributed by atoms with van der Waals surface area (Å²) in [5, 5.41) is 4.22. The molecule has 2 aliphatic rings. The Kier molecular flexibility index (Phi) is 1.93. The number of carbonyl (C=O) groups excluding carboxylic acids is 3. The highest BCUT2D eigenvalue weighted by atomic mass is 35.5. The van der Waals surface area contributed by atoms with Gasteiger partial charge in [-0.3, -0.25) is 15.0 Å². The number of nitrogens with zero attached hydrogens (tertiary/aromatic N) is 2. The summed E-state index contributed by atoms with van der Waals surface area (Å²) in [7, 11) is 0. The van der Waals surface area contributed by atoms with E-state index in [1.165, 1.54) is 0 Å². The highest BCUT2D eigenvalue weighted by Crippen LogP contribution is 2.25. The number of likely N-dealkylation sites (N-methyl/N-ethyl adjacent to an activating group) is 1. The lowest BCUT2D eigenvalue weighted by Gasteiger charge is -2.33. The Morgan fingerprint density at radius 2 is 2.13 bits per heavy atom. The normalized spacial score (nSPS) is 29.6. The molecule has 7 nitrogen and oxygen atoms in total. The van der Waals surface area contributed by atoms with Gasteiger partial charge in [-0.25, -0.2) is 9.59 Å². The first-order valence-corrected chi connectivity index (χ1v) is 4.60. The predicted molar refractivity (Wildman–Crippen MR) is 50.5 cm³/mol. The number of imide groups is 1. The van der Waals surface area contributed by atoms with Crippen molar-refractivity contribution >= 4 is 35.4 Å². The average molecular weight is 231 g/mol. The van der Waals surface area contributed by atoms with Crippen molar-refractivity contribution in [3.63, 3.8) is 0 Å². The van der Waals surface area contributed by atoms with Crippen LogP contribution in [0.3, 0.4) is 0 Å². The minimum Gasteiger partial charge on any atom is -0.303 e. The number of rotatable bonds is 1. The molecule has 2 heterocycles. The van der Waals surface area contributed by atoms with Crippen LogP contribution in [-0.4, -0.2) is 40.2 Å². The van der Waals surface area contributed by atoms with Crippen molar-refractivity contribution in [2.24, 2.45) is 4.99 Å². The van der Waals surface area contributed by atoms with Crippen molar-refractivity contribution in [2.45, 2.75) is 11.9 Å². The van der Waals surface area contributed by atoms with Gasteiger partial charge in [-0.2, -0.15) is 4.99 Å². The molecule has 0 aromatic carbocycles. The van der Waals surface area contributed by atoms with Crippen molar-refractivity contribution in [3.8, 4) is 0 Å². The van der Waals surface area contributed by atoms with E-state index in [1.807, 2.05) is 5.32 Å². The highest BCUT2D eigenvalue weighted by molar-refractivity contribution is 6.52. The number of urea groups is 2. The molecule has 0 spiro atoms. The predicted octanol–water partition coefficient (Wildman–Crippen LogP) is -0.385. The van der Waals surface area contributed by atoms with Crippen molar-refractivity contribution in [1.82, 2.24) is 15.5 Å². The Hall–Kier alpha value is -1.63. The molecule has 1 fully saturated rings.